The summed E-state index contributed by atoms with van der Waals surface area (Å²) in [5.74, 6) is -0.404. The van der Waals surface area contributed by atoms with Gasteiger partial charge in [-0.1, -0.05) is 13.8 Å². The molecule has 0 aromatic heterocycles. The van der Waals surface area contributed by atoms with Gasteiger partial charge in [-0.15, -0.1) is 0 Å². The number of hydrogen-bond donors (Lipinski definition) is 2. The van der Waals surface area contributed by atoms with Crippen molar-refractivity contribution >= 4 is 5.91 Å². The van der Waals surface area contributed by atoms with Crippen LogP contribution >= 0.6 is 0 Å². The second-order valence-electron chi connectivity index (χ2n) is 5.00. The summed E-state index contributed by atoms with van der Waals surface area (Å²) >= 11 is 0. The summed E-state index contributed by atoms with van der Waals surface area (Å²) in [4.78, 5) is 11.9. The van der Waals surface area contributed by atoms with Crippen LogP contribution in [0.3, 0.4) is 0 Å². The Hall–Kier alpha value is -1.42. The van der Waals surface area contributed by atoms with Crippen molar-refractivity contribution in [2.75, 3.05) is 6.61 Å². The Morgan fingerprint density at radius 2 is 2.06 bits per heavy atom. The Balaban J connectivity index is 2.74. The smallest absolute Gasteiger partial charge is 0.251 e. The van der Waals surface area contributed by atoms with Crippen molar-refractivity contribution in [2.24, 2.45) is 5.92 Å². The van der Waals surface area contributed by atoms with E-state index in [2.05, 4.69) is 5.32 Å². The van der Waals surface area contributed by atoms with Gasteiger partial charge in [-0.25, -0.2) is 4.39 Å². The maximum atomic E-state index is 13.2. The lowest BCUT2D eigenvalue weighted by Crippen LogP contribution is -2.38. The molecule has 0 spiro atoms. The van der Waals surface area contributed by atoms with Crippen LogP contribution in [0.15, 0.2) is 18.2 Å². The van der Waals surface area contributed by atoms with Gasteiger partial charge in [-0.05, 0) is 43.0 Å². The maximum Gasteiger partial charge on any atom is 0.251 e. The first-order chi connectivity index (χ1) is 8.42. The SMILES string of the molecule is Cc1cc(F)cc(C(=O)NC(CO)CC(C)C)c1. The summed E-state index contributed by atoms with van der Waals surface area (Å²) in [5, 5.41) is 11.9. The summed E-state index contributed by atoms with van der Waals surface area (Å²) in [6.45, 7) is 5.65. The second kappa shape index (κ2) is 6.50. The standard InChI is InChI=1S/C14H20FNO2/c1-9(2)4-13(8-17)16-14(18)11-5-10(3)6-12(15)7-11/h5-7,9,13,17H,4,8H2,1-3H3,(H,16,18). The predicted molar refractivity (Wildman–Crippen MR) is 68.9 cm³/mol. The van der Waals surface area contributed by atoms with E-state index in [0.717, 1.165) is 0 Å². The van der Waals surface area contributed by atoms with E-state index in [1.54, 1.807) is 13.0 Å². The first kappa shape index (κ1) is 14.6. The Kier molecular flexibility index (Phi) is 5.28. The van der Waals surface area contributed by atoms with Gasteiger partial charge in [0.1, 0.15) is 5.82 Å². The van der Waals surface area contributed by atoms with E-state index in [-0.39, 0.29) is 24.1 Å². The van der Waals surface area contributed by atoms with Crippen molar-refractivity contribution in [1.29, 1.82) is 0 Å². The van der Waals surface area contributed by atoms with Crippen molar-refractivity contribution in [3.8, 4) is 0 Å². The van der Waals surface area contributed by atoms with Crippen LogP contribution in [0.5, 0.6) is 0 Å². The number of hydrogen-bond acceptors (Lipinski definition) is 2. The van der Waals surface area contributed by atoms with Crippen LogP contribution in [0.1, 0.15) is 36.2 Å². The van der Waals surface area contributed by atoms with E-state index in [4.69, 9.17) is 0 Å². The lowest BCUT2D eigenvalue weighted by Gasteiger charge is -2.18. The number of halogens is 1. The van der Waals surface area contributed by atoms with E-state index in [9.17, 15) is 14.3 Å². The zero-order valence-electron chi connectivity index (χ0n) is 11.0. The van der Waals surface area contributed by atoms with Crippen LogP contribution in [0, 0.1) is 18.7 Å². The minimum Gasteiger partial charge on any atom is -0.394 e. The third-order valence-corrected chi connectivity index (χ3v) is 2.62. The zero-order valence-corrected chi connectivity index (χ0v) is 11.0. The Morgan fingerprint density at radius 1 is 1.39 bits per heavy atom. The van der Waals surface area contributed by atoms with Gasteiger partial charge in [0.2, 0.25) is 0 Å². The van der Waals surface area contributed by atoms with E-state index in [1.165, 1.54) is 12.1 Å². The predicted octanol–water partition coefficient (Wildman–Crippen LogP) is 2.27. The quantitative estimate of drug-likeness (QED) is 0.845. The topological polar surface area (TPSA) is 49.3 Å². The molecule has 3 nitrogen and oxygen atoms in total. The number of carbonyl (C=O) groups excluding carboxylic acids is 1. The molecule has 1 rings (SSSR count). The highest BCUT2D eigenvalue weighted by Gasteiger charge is 2.15. The van der Waals surface area contributed by atoms with Crippen LogP contribution in [-0.4, -0.2) is 23.7 Å². The summed E-state index contributed by atoms with van der Waals surface area (Å²) in [7, 11) is 0. The van der Waals surface area contributed by atoms with Gasteiger partial charge in [0.25, 0.3) is 5.91 Å². The van der Waals surface area contributed by atoms with E-state index >= 15 is 0 Å². The van der Waals surface area contributed by atoms with Gasteiger partial charge < -0.3 is 10.4 Å². The maximum absolute atomic E-state index is 13.2. The molecule has 4 heteroatoms. The van der Waals surface area contributed by atoms with E-state index in [0.29, 0.717) is 17.9 Å². The van der Waals surface area contributed by atoms with Crippen LogP contribution in [0.25, 0.3) is 0 Å². The molecule has 0 radical (unpaired) electrons. The lowest BCUT2D eigenvalue weighted by atomic mass is 10.0. The van der Waals surface area contributed by atoms with Gasteiger partial charge in [0.15, 0.2) is 0 Å². The minimum absolute atomic E-state index is 0.113. The zero-order chi connectivity index (χ0) is 13.7. The fourth-order valence-electron chi connectivity index (χ4n) is 1.88. The molecule has 18 heavy (non-hydrogen) atoms. The van der Waals surface area contributed by atoms with Crippen molar-refractivity contribution in [3.63, 3.8) is 0 Å². The van der Waals surface area contributed by atoms with Crippen molar-refractivity contribution in [2.45, 2.75) is 33.2 Å². The van der Waals surface area contributed by atoms with Crippen LogP contribution in [0.2, 0.25) is 0 Å². The van der Waals surface area contributed by atoms with Gasteiger partial charge in [-0.3, -0.25) is 4.79 Å². The van der Waals surface area contributed by atoms with E-state index < -0.39 is 5.82 Å². The first-order valence-corrected chi connectivity index (χ1v) is 6.11. The third-order valence-electron chi connectivity index (χ3n) is 2.62. The molecule has 1 amide bonds. The highest BCUT2D eigenvalue weighted by molar-refractivity contribution is 5.94. The molecule has 0 aliphatic rings. The number of benzene rings is 1. The highest BCUT2D eigenvalue weighted by Crippen LogP contribution is 2.10. The number of aliphatic hydroxyl groups excluding tert-OH is 1. The molecule has 0 aliphatic carbocycles. The molecule has 0 heterocycles. The molecule has 0 saturated heterocycles. The van der Waals surface area contributed by atoms with Gasteiger partial charge in [0, 0.05) is 5.56 Å². The number of amides is 1. The third kappa shape index (κ3) is 4.45. The number of aryl methyl sites for hydroxylation is 1. The molecule has 0 bridgehead atoms. The molecule has 2 N–H and O–H groups in total. The van der Waals surface area contributed by atoms with Crippen LogP contribution in [0.4, 0.5) is 4.39 Å². The fourth-order valence-corrected chi connectivity index (χ4v) is 1.88. The normalized spacial score (nSPS) is 12.6. The Morgan fingerprint density at radius 3 is 2.56 bits per heavy atom. The number of aliphatic hydroxyl groups is 1. The van der Waals surface area contributed by atoms with Gasteiger partial charge in [-0.2, -0.15) is 0 Å². The second-order valence-corrected chi connectivity index (χ2v) is 5.00. The largest absolute Gasteiger partial charge is 0.394 e. The molecule has 0 saturated carbocycles. The van der Waals surface area contributed by atoms with Crippen molar-refractivity contribution in [3.05, 3.63) is 35.1 Å². The molecule has 0 fully saturated rings. The van der Waals surface area contributed by atoms with E-state index in [1.807, 2.05) is 13.8 Å². The number of nitrogens with one attached hydrogen (secondary N) is 1. The average molecular weight is 253 g/mol. The summed E-state index contributed by atoms with van der Waals surface area (Å²) in [5.41, 5.74) is 0.985. The lowest BCUT2D eigenvalue weighted by molar-refractivity contribution is 0.0908. The molecule has 1 aromatic rings. The number of carbonyl (C=O) groups is 1. The molecule has 1 unspecified atom stereocenters. The molecule has 1 aromatic carbocycles. The monoisotopic (exact) mass is 253 g/mol. The summed E-state index contributed by atoms with van der Waals surface area (Å²) in [6.07, 6.45) is 0.691. The number of rotatable bonds is 5. The molecular weight excluding hydrogens is 233 g/mol. The first-order valence-electron chi connectivity index (χ1n) is 6.11. The highest BCUT2D eigenvalue weighted by atomic mass is 19.1. The molecule has 100 valence electrons. The Labute approximate surface area is 107 Å². The molecule has 0 aliphatic heterocycles. The average Bonchev–Trinajstić information content (AvgIpc) is 2.26. The fraction of sp³-hybridized carbons (Fsp3) is 0.500. The van der Waals surface area contributed by atoms with Crippen LogP contribution < -0.4 is 5.32 Å². The van der Waals surface area contributed by atoms with Gasteiger partial charge >= 0.3 is 0 Å². The molecular formula is C14H20FNO2. The summed E-state index contributed by atoms with van der Waals surface area (Å²) < 4.78 is 13.2. The minimum atomic E-state index is -0.426. The molecule has 1 atom stereocenters. The van der Waals surface area contributed by atoms with Crippen LogP contribution in [-0.2, 0) is 0 Å². The van der Waals surface area contributed by atoms with Crippen molar-refractivity contribution < 1.29 is 14.3 Å². The van der Waals surface area contributed by atoms with Crippen molar-refractivity contribution in [1.82, 2.24) is 5.32 Å². The Bertz CT molecular complexity index is 398. The summed E-state index contributed by atoms with van der Waals surface area (Å²) in [6, 6.07) is 3.91. The van der Waals surface area contributed by atoms with Gasteiger partial charge in [0.05, 0.1) is 12.6 Å².